The van der Waals surface area contributed by atoms with Gasteiger partial charge in [-0.3, -0.25) is 34.2 Å². The molecule has 2 N–H and O–H groups in total. The van der Waals surface area contributed by atoms with Crippen molar-refractivity contribution in [2.45, 2.75) is 38.8 Å². The maximum atomic E-state index is 16.1. The molecule has 66 heavy (non-hydrogen) atoms. The number of anilines is 2. The van der Waals surface area contributed by atoms with Crippen LogP contribution in [0.15, 0.2) is 84.2 Å². The summed E-state index contributed by atoms with van der Waals surface area (Å²) in [5.74, 6) is -3.63. The zero-order chi connectivity index (χ0) is 46.6. The second-order valence-electron chi connectivity index (χ2n) is 15.9. The van der Waals surface area contributed by atoms with E-state index in [0.29, 0.717) is 36.6 Å². The monoisotopic (exact) mass is 904 g/mol. The molecule has 2 fully saturated rings. The number of hydrogen-bond donors (Lipinski definition) is 2. The smallest absolute Gasteiger partial charge is 0.355 e. The fraction of sp³-hybridized carbons (Fsp3) is 0.319. The molecular weight excluding hydrogens is 859 g/mol. The summed E-state index contributed by atoms with van der Waals surface area (Å²) in [5, 5.41) is 5.51. The lowest BCUT2D eigenvalue weighted by atomic mass is 10.0. The second kappa shape index (κ2) is 19.4. The van der Waals surface area contributed by atoms with Gasteiger partial charge in [0.05, 0.1) is 48.6 Å². The number of hydrogen-bond acceptors (Lipinski definition) is 13. The summed E-state index contributed by atoms with van der Waals surface area (Å²) in [6.07, 6.45) is 1.32. The third-order valence-electron chi connectivity index (χ3n) is 11.6. The minimum absolute atomic E-state index is 0.0226. The quantitative estimate of drug-likeness (QED) is 0.0815. The van der Waals surface area contributed by atoms with E-state index in [2.05, 4.69) is 27.2 Å². The van der Waals surface area contributed by atoms with Crippen molar-refractivity contribution in [3.63, 3.8) is 0 Å². The Hall–Kier alpha value is -7.38. The molecule has 19 heteroatoms. The topological polar surface area (TPSA) is 195 Å². The number of carbonyl (C=O) groups excluding carboxylic acids is 5. The van der Waals surface area contributed by atoms with Gasteiger partial charge in [-0.05, 0) is 68.3 Å². The van der Waals surface area contributed by atoms with Crippen molar-refractivity contribution in [2.75, 3.05) is 69.4 Å². The lowest BCUT2D eigenvalue weighted by molar-refractivity contribution is -0.136. The first-order chi connectivity index (χ1) is 31.9. The molecule has 1 unspecified atom stereocenters. The molecule has 342 valence electrons. The summed E-state index contributed by atoms with van der Waals surface area (Å²) in [4.78, 5) is 90.8. The highest BCUT2D eigenvalue weighted by molar-refractivity contribution is 6.25. The number of piperazine rings is 1. The van der Waals surface area contributed by atoms with Crippen molar-refractivity contribution in [3.8, 4) is 22.7 Å². The number of pyridine rings is 1. The minimum Gasteiger partial charge on any atom is -0.489 e. The average molecular weight is 905 g/mol. The van der Waals surface area contributed by atoms with Crippen molar-refractivity contribution < 1.29 is 47.0 Å². The van der Waals surface area contributed by atoms with Gasteiger partial charge in [-0.25, -0.2) is 23.1 Å². The summed E-state index contributed by atoms with van der Waals surface area (Å²) in [6.45, 7) is 9.26. The number of fused-ring (bicyclic) bond motifs is 2. The first kappa shape index (κ1) is 45.2. The SMILES string of the molecule is C=CC(=O)N1CCN(c2nc(=O)n(-c3c(C)cccc3OCCOCCOCCNc3cccc4c3C(=O)N(C3CCC(=O)NC3=O)C4=O)c3nc(-c4ccccc4F)c(F)cc23)[C@@H](C)C1. The van der Waals surface area contributed by atoms with Crippen molar-refractivity contribution in [3.05, 3.63) is 118 Å². The zero-order valence-electron chi connectivity index (χ0n) is 36.2. The average Bonchev–Trinajstić information content (AvgIpc) is 3.55. The van der Waals surface area contributed by atoms with Gasteiger partial charge in [-0.2, -0.15) is 4.98 Å². The normalized spacial score (nSPS) is 17.3. The van der Waals surface area contributed by atoms with Crippen LogP contribution in [0.2, 0.25) is 0 Å². The van der Waals surface area contributed by atoms with E-state index in [4.69, 9.17) is 14.2 Å². The maximum Gasteiger partial charge on any atom is 0.355 e. The van der Waals surface area contributed by atoms with Crippen LogP contribution in [0.5, 0.6) is 5.75 Å². The van der Waals surface area contributed by atoms with Crippen molar-refractivity contribution in [1.82, 2.24) is 29.7 Å². The molecule has 3 aliphatic heterocycles. The summed E-state index contributed by atoms with van der Waals surface area (Å²) in [6, 6.07) is 15.5. The van der Waals surface area contributed by atoms with E-state index in [1.165, 1.54) is 41.0 Å². The number of para-hydroxylation sites is 1. The predicted molar refractivity (Wildman–Crippen MR) is 238 cm³/mol. The van der Waals surface area contributed by atoms with Gasteiger partial charge >= 0.3 is 5.69 Å². The molecule has 5 amide bonds. The lowest BCUT2D eigenvalue weighted by Crippen LogP contribution is -2.54. The van der Waals surface area contributed by atoms with E-state index >= 15 is 8.78 Å². The molecule has 17 nitrogen and oxygen atoms in total. The molecule has 5 heterocycles. The van der Waals surface area contributed by atoms with Crippen LogP contribution >= 0.6 is 0 Å². The van der Waals surface area contributed by atoms with Gasteiger partial charge in [0.15, 0.2) is 5.65 Å². The van der Waals surface area contributed by atoms with E-state index in [1.54, 1.807) is 48.2 Å². The van der Waals surface area contributed by atoms with Gasteiger partial charge in [0, 0.05) is 49.9 Å². The van der Waals surface area contributed by atoms with Crippen LogP contribution in [0.1, 0.15) is 46.0 Å². The van der Waals surface area contributed by atoms with E-state index in [1.807, 2.05) is 11.8 Å². The number of nitrogens with one attached hydrogen (secondary N) is 2. The number of carbonyl (C=O) groups is 5. The third kappa shape index (κ3) is 8.86. The number of nitrogens with zero attached hydrogens (tertiary/aromatic N) is 6. The summed E-state index contributed by atoms with van der Waals surface area (Å²) in [5.41, 5.74) is 0.542. The number of halogens is 2. The molecule has 0 saturated carbocycles. The lowest BCUT2D eigenvalue weighted by Gasteiger charge is -2.40. The summed E-state index contributed by atoms with van der Waals surface area (Å²) in [7, 11) is 0. The van der Waals surface area contributed by atoms with Crippen LogP contribution in [0.4, 0.5) is 20.3 Å². The maximum absolute atomic E-state index is 16.1. The minimum atomic E-state index is -1.07. The molecule has 0 spiro atoms. The van der Waals surface area contributed by atoms with E-state index in [9.17, 15) is 28.8 Å². The van der Waals surface area contributed by atoms with Crippen LogP contribution < -0.4 is 26.0 Å². The molecule has 0 aliphatic carbocycles. The van der Waals surface area contributed by atoms with Gasteiger partial charge in [-0.15, -0.1) is 0 Å². The Bertz CT molecular complexity index is 2840. The number of rotatable bonds is 16. The fourth-order valence-corrected chi connectivity index (χ4v) is 8.46. The molecule has 2 saturated heterocycles. The molecule has 0 bridgehead atoms. The molecule has 3 aliphatic rings. The molecule has 2 atom stereocenters. The Kier molecular flexibility index (Phi) is 13.3. The second-order valence-corrected chi connectivity index (χ2v) is 15.9. The number of aromatic nitrogens is 3. The summed E-state index contributed by atoms with van der Waals surface area (Å²) >= 11 is 0. The first-order valence-electron chi connectivity index (χ1n) is 21.4. The predicted octanol–water partition coefficient (Wildman–Crippen LogP) is 4.18. The number of piperidine rings is 1. The summed E-state index contributed by atoms with van der Waals surface area (Å²) < 4.78 is 50.1. The molecule has 2 aromatic heterocycles. The van der Waals surface area contributed by atoms with E-state index in [0.717, 1.165) is 4.90 Å². The van der Waals surface area contributed by atoms with Crippen molar-refractivity contribution >= 4 is 52.1 Å². The van der Waals surface area contributed by atoms with E-state index < -0.39 is 47.0 Å². The zero-order valence-corrected chi connectivity index (χ0v) is 36.2. The van der Waals surface area contributed by atoms with Gasteiger partial charge in [0.1, 0.15) is 41.5 Å². The van der Waals surface area contributed by atoms with Gasteiger partial charge in [0.25, 0.3) is 11.8 Å². The molecule has 0 radical (unpaired) electrons. The van der Waals surface area contributed by atoms with Crippen molar-refractivity contribution in [2.24, 2.45) is 0 Å². The number of imide groups is 2. The number of amides is 5. The Morgan fingerprint density at radius 3 is 2.39 bits per heavy atom. The van der Waals surface area contributed by atoms with Crippen LogP contribution in [0.25, 0.3) is 28.0 Å². The van der Waals surface area contributed by atoms with E-state index in [-0.39, 0.29) is 109 Å². The highest BCUT2D eigenvalue weighted by atomic mass is 19.1. The Balaban J connectivity index is 0.917. The number of aryl methyl sites for hydroxylation is 1. The Labute approximate surface area is 376 Å². The van der Waals surface area contributed by atoms with Crippen molar-refractivity contribution in [1.29, 1.82) is 0 Å². The largest absolute Gasteiger partial charge is 0.489 e. The highest BCUT2D eigenvalue weighted by Gasteiger charge is 2.45. The van der Waals surface area contributed by atoms with Crippen LogP contribution in [-0.4, -0.2) is 125 Å². The first-order valence-corrected chi connectivity index (χ1v) is 21.4. The van der Waals surface area contributed by atoms with Gasteiger partial charge < -0.3 is 29.3 Å². The van der Waals surface area contributed by atoms with Crippen LogP contribution in [-0.2, 0) is 23.9 Å². The molecule has 8 rings (SSSR count). The van der Waals surface area contributed by atoms with Gasteiger partial charge in [0.2, 0.25) is 17.7 Å². The molecule has 3 aromatic carbocycles. The Morgan fingerprint density at radius 1 is 0.894 bits per heavy atom. The van der Waals surface area contributed by atoms with Gasteiger partial charge in [-0.1, -0.05) is 36.9 Å². The standard InChI is InChI=1S/C47H46F2N8O9/c1-4-38(59)54-18-19-55(28(3)26-54)42-31-25-33(49)40(29-10-5-6-12-32(29)48)52-43(31)57(47(63)53-42)41-27(2)9-7-14-36(41)66-24-23-65-22-21-64-20-17-50-34-13-8-11-30-39(34)46(62)56(45(30)61)35-15-16-37(58)51-44(35)60/h4-14,25,28,35,50H,1,15-24,26H2,2-3H3,(H,51,58,60)/t28-,35?/m0/s1. The highest BCUT2D eigenvalue weighted by Crippen LogP contribution is 2.36. The Morgan fingerprint density at radius 2 is 1.64 bits per heavy atom. The molecule has 5 aromatic rings. The number of benzene rings is 3. The van der Waals surface area contributed by atoms with Crippen LogP contribution in [0.3, 0.4) is 0 Å². The molecular formula is C47H46F2N8O9. The number of ether oxygens (including phenoxy) is 3. The third-order valence-corrected chi connectivity index (χ3v) is 11.6. The fourth-order valence-electron chi connectivity index (χ4n) is 8.46. The van der Waals surface area contributed by atoms with Crippen LogP contribution in [0, 0.1) is 18.6 Å².